The van der Waals surface area contributed by atoms with E-state index in [-0.39, 0.29) is 6.04 Å². The van der Waals surface area contributed by atoms with Gasteiger partial charge in [-0.3, -0.25) is 0 Å². The summed E-state index contributed by atoms with van der Waals surface area (Å²) in [5, 5.41) is 8.47. The van der Waals surface area contributed by atoms with Crippen molar-refractivity contribution in [3.63, 3.8) is 0 Å². The number of nitrogens with two attached hydrogens (primary N) is 1. The van der Waals surface area contributed by atoms with Crippen LogP contribution in [0.25, 0.3) is 0 Å². The third kappa shape index (κ3) is 1.10. The minimum Gasteiger partial charge on any atom is -0.324 e. The van der Waals surface area contributed by atoms with Crippen LogP contribution in [0.3, 0.4) is 0 Å². The van der Waals surface area contributed by atoms with Gasteiger partial charge in [-0.15, -0.1) is 10.2 Å². The second-order valence-electron chi connectivity index (χ2n) is 4.12. The average Bonchev–Trinajstić information content (AvgIpc) is 2.77. The quantitative estimate of drug-likeness (QED) is 0.659. The molecule has 2 heterocycles. The zero-order chi connectivity index (χ0) is 9.54. The molecule has 4 nitrogen and oxygen atoms in total. The first-order valence-electron chi connectivity index (χ1n) is 5.20. The molecule has 2 aliphatic rings. The Morgan fingerprint density at radius 2 is 2.29 bits per heavy atom. The summed E-state index contributed by atoms with van der Waals surface area (Å²) in [4.78, 5) is 0. The van der Waals surface area contributed by atoms with E-state index in [2.05, 4.69) is 26.9 Å². The van der Waals surface area contributed by atoms with E-state index >= 15 is 0 Å². The van der Waals surface area contributed by atoms with E-state index in [1.807, 2.05) is 0 Å². The summed E-state index contributed by atoms with van der Waals surface area (Å²) in [5.41, 5.74) is 5.83. The maximum Gasteiger partial charge on any atom is 0.140 e. The smallest absolute Gasteiger partial charge is 0.140 e. The number of fused-ring (bicyclic) bond motifs is 1. The molecule has 74 valence electrons. The average molecular weight is 190 g/mol. The summed E-state index contributed by atoms with van der Waals surface area (Å²) in [6, 6.07) is 0.203. The Labute approximate surface area is 82.8 Å². The van der Waals surface area contributed by atoms with Crippen LogP contribution in [0.4, 0.5) is 0 Å². The normalized spacial score (nSPS) is 29.8. The molecule has 0 saturated heterocycles. The lowest BCUT2D eigenvalue weighted by Crippen LogP contribution is -2.15. The maximum atomic E-state index is 5.83. The molecule has 0 amide bonds. The highest BCUT2D eigenvalue weighted by atomic mass is 15.3. The molecule has 2 N–H and O–H groups in total. The zero-order valence-electron chi connectivity index (χ0n) is 8.06. The Balaban J connectivity index is 1.94. The molecule has 0 spiro atoms. The van der Waals surface area contributed by atoms with Crippen molar-refractivity contribution < 1.29 is 0 Å². The van der Waals surface area contributed by atoms with Crippen LogP contribution in [0.1, 0.15) is 30.4 Å². The Morgan fingerprint density at radius 3 is 3.07 bits per heavy atom. The summed E-state index contributed by atoms with van der Waals surface area (Å²) in [6.07, 6.45) is 7.51. The van der Waals surface area contributed by atoms with Gasteiger partial charge in [0.15, 0.2) is 0 Å². The second kappa shape index (κ2) is 2.92. The minimum atomic E-state index is 0.203. The highest BCUT2D eigenvalue weighted by molar-refractivity contribution is 5.19. The lowest BCUT2D eigenvalue weighted by molar-refractivity contribution is 0.616. The molecule has 0 aromatic carbocycles. The third-order valence-electron chi connectivity index (χ3n) is 3.09. The van der Waals surface area contributed by atoms with Crippen LogP contribution in [-0.2, 0) is 13.0 Å². The van der Waals surface area contributed by atoms with Crippen LogP contribution in [0.5, 0.6) is 0 Å². The second-order valence-corrected chi connectivity index (χ2v) is 4.12. The molecule has 14 heavy (non-hydrogen) atoms. The topological polar surface area (TPSA) is 56.7 Å². The van der Waals surface area contributed by atoms with Gasteiger partial charge in [0.05, 0.1) is 0 Å². The first-order valence-corrected chi connectivity index (χ1v) is 5.20. The number of aromatic nitrogens is 3. The van der Waals surface area contributed by atoms with Crippen molar-refractivity contribution >= 4 is 0 Å². The van der Waals surface area contributed by atoms with Crippen LogP contribution >= 0.6 is 0 Å². The van der Waals surface area contributed by atoms with Crippen LogP contribution in [0.2, 0.25) is 0 Å². The van der Waals surface area contributed by atoms with Crippen LogP contribution in [0, 0.1) is 0 Å². The van der Waals surface area contributed by atoms with Gasteiger partial charge in [-0.2, -0.15) is 0 Å². The molecule has 2 unspecified atom stereocenters. The maximum absolute atomic E-state index is 5.83. The Bertz CT molecular complexity index is 379. The lowest BCUT2D eigenvalue weighted by atomic mass is 10.1. The summed E-state index contributed by atoms with van der Waals surface area (Å²) >= 11 is 0. The van der Waals surface area contributed by atoms with Crippen LogP contribution in [0.15, 0.2) is 12.2 Å². The monoisotopic (exact) mass is 190 g/mol. The third-order valence-corrected chi connectivity index (χ3v) is 3.09. The van der Waals surface area contributed by atoms with Gasteiger partial charge in [0.25, 0.3) is 0 Å². The Morgan fingerprint density at radius 1 is 1.36 bits per heavy atom. The molecule has 2 atom stereocenters. The number of hydrogen-bond acceptors (Lipinski definition) is 3. The Kier molecular flexibility index (Phi) is 1.70. The number of hydrogen-bond donors (Lipinski definition) is 1. The van der Waals surface area contributed by atoms with Gasteiger partial charge >= 0.3 is 0 Å². The molecule has 1 aliphatic heterocycles. The molecule has 1 aromatic rings. The summed E-state index contributed by atoms with van der Waals surface area (Å²) in [5.74, 6) is 2.65. The van der Waals surface area contributed by atoms with Gasteiger partial charge in [-0.1, -0.05) is 12.2 Å². The van der Waals surface area contributed by atoms with E-state index in [1.54, 1.807) is 0 Å². The largest absolute Gasteiger partial charge is 0.324 e. The fourth-order valence-corrected chi connectivity index (χ4v) is 2.37. The van der Waals surface area contributed by atoms with Crippen molar-refractivity contribution in [2.75, 3.05) is 0 Å². The van der Waals surface area contributed by atoms with Gasteiger partial charge in [-0.25, -0.2) is 0 Å². The van der Waals surface area contributed by atoms with E-state index in [1.165, 1.54) is 6.42 Å². The number of aryl methyl sites for hydroxylation is 1. The first-order chi connectivity index (χ1) is 6.84. The summed E-state index contributed by atoms with van der Waals surface area (Å²) < 4.78 is 2.26. The fourth-order valence-electron chi connectivity index (χ4n) is 2.37. The molecule has 0 radical (unpaired) electrons. The number of allylic oxidation sites excluding steroid dienone is 1. The predicted molar refractivity (Wildman–Crippen MR) is 52.8 cm³/mol. The summed E-state index contributed by atoms with van der Waals surface area (Å²) in [6.45, 7) is 1.08. The molecule has 1 aliphatic carbocycles. The van der Waals surface area contributed by atoms with Crippen molar-refractivity contribution in [3.05, 3.63) is 23.8 Å². The van der Waals surface area contributed by atoms with Gasteiger partial charge in [-0.05, 0) is 12.8 Å². The number of rotatable bonds is 1. The highest BCUT2D eigenvalue weighted by Gasteiger charge is 2.25. The van der Waals surface area contributed by atoms with Crippen molar-refractivity contribution in [2.45, 2.75) is 37.8 Å². The number of nitrogens with zero attached hydrogens (tertiary/aromatic N) is 3. The first kappa shape index (κ1) is 8.17. The molecule has 0 bridgehead atoms. The van der Waals surface area contributed by atoms with Gasteiger partial charge < -0.3 is 10.3 Å². The molecular formula is C10H14N4. The molecular weight excluding hydrogens is 176 g/mol. The Hall–Kier alpha value is -1.16. The van der Waals surface area contributed by atoms with E-state index in [0.29, 0.717) is 5.92 Å². The summed E-state index contributed by atoms with van der Waals surface area (Å²) in [7, 11) is 0. The SMILES string of the molecule is NC1C=CC(c2nnc3n2CCC3)C1. The van der Waals surface area contributed by atoms with Crippen molar-refractivity contribution in [1.29, 1.82) is 0 Å². The van der Waals surface area contributed by atoms with Crippen LogP contribution in [-0.4, -0.2) is 20.8 Å². The van der Waals surface area contributed by atoms with Crippen LogP contribution < -0.4 is 5.73 Å². The lowest BCUT2D eigenvalue weighted by Gasteiger charge is -2.09. The molecule has 3 rings (SSSR count). The molecule has 0 fully saturated rings. The van der Waals surface area contributed by atoms with E-state index < -0.39 is 0 Å². The van der Waals surface area contributed by atoms with Gasteiger partial charge in [0, 0.05) is 24.9 Å². The van der Waals surface area contributed by atoms with Crippen molar-refractivity contribution in [3.8, 4) is 0 Å². The van der Waals surface area contributed by atoms with Gasteiger partial charge in [0.1, 0.15) is 11.6 Å². The van der Waals surface area contributed by atoms with E-state index in [4.69, 9.17) is 5.73 Å². The molecule has 4 heteroatoms. The van der Waals surface area contributed by atoms with Crippen molar-refractivity contribution in [1.82, 2.24) is 14.8 Å². The van der Waals surface area contributed by atoms with Gasteiger partial charge in [0.2, 0.25) is 0 Å². The van der Waals surface area contributed by atoms with Crippen molar-refractivity contribution in [2.24, 2.45) is 5.73 Å². The zero-order valence-corrected chi connectivity index (χ0v) is 8.06. The van der Waals surface area contributed by atoms with E-state index in [9.17, 15) is 0 Å². The standard InChI is InChI=1S/C10H14N4/c11-8-4-3-7(6-8)10-13-12-9-2-1-5-14(9)10/h3-4,7-8H,1-2,5-6,11H2. The molecule has 1 aromatic heterocycles. The van der Waals surface area contributed by atoms with E-state index in [0.717, 1.165) is 31.0 Å². The molecule has 0 saturated carbocycles. The highest BCUT2D eigenvalue weighted by Crippen LogP contribution is 2.28. The predicted octanol–water partition coefficient (Wildman–Crippen LogP) is 0.595. The fraction of sp³-hybridized carbons (Fsp3) is 0.600. The minimum absolute atomic E-state index is 0.203.